The molecule has 2 N–H and O–H groups in total. The highest BCUT2D eigenvalue weighted by molar-refractivity contribution is 6.48. The van der Waals surface area contributed by atoms with E-state index >= 15 is 0 Å². The molecule has 44 heavy (non-hydrogen) atoms. The molecule has 3 aromatic rings. The molecule has 0 radical (unpaired) electrons. The van der Waals surface area contributed by atoms with Crippen molar-refractivity contribution in [3.63, 3.8) is 0 Å². The van der Waals surface area contributed by atoms with Crippen molar-refractivity contribution >= 4 is 35.3 Å². The van der Waals surface area contributed by atoms with Gasteiger partial charge in [0.1, 0.15) is 5.70 Å². The number of carbonyl (C=O) groups is 2. The maximum absolute atomic E-state index is 14.9. The second kappa shape index (κ2) is 14.9. The molecule has 3 aromatic carbocycles. The topological polar surface area (TPSA) is 104 Å². The maximum Gasteiger partial charge on any atom is 0.404 e. The molecule has 226 valence electrons. The summed E-state index contributed by atoms with van der Waals surface area (Å²) in [6, 6.07) is 24.2. The predicted octanol–water partition coefficient (Wildman–Crippen LogP) is 7.09. The molecule has 5 rings (SSSR count). The lowest BCUT2D eigenvalue weighted by Crippen LogP contribution is -2.36. The minimum Gasteiger partial charge on any atom is -0.491 e. The number of unbranched alkanes of at least 4 members (excludes halogenated alkanes) is 5. The van der Waals surface area contributed by atoms with Crippen molar-refractivity contribution in [1.29, 1.82) is 0 Å². The summed E-state index contributed by atoms with van der Waals surface area (Å²) < 4.78 is 20.6. The predicted molar refractivity (Wildman–Crippen MR) is 170 cm³/mol. The van der Waals surface area contributed by atoms with Crippen LogP contribution in [0.25, 0.3) is 11.8 Å². The van der Waals surface area contributed by atoms with Gasteiger partial charge in [-0.25, -0.2) is 19.2 Å². The molecule has 0 aliphatic carbocycles. The second-order valence-corrected chi connectivity index (χ2v) is 10.6. The zero-order chi connectivity index (χ0) is 30.7. The van der Waals surface area contributed by atoms with Gasteiger partial charge in [-0.15, -0.1) is 0 Å². The van der Waals surface area contributed by atoms with Crippen molar-refractivity contribution in [2.24, 2.45) is 9.98 Å². The number of amidine groups is 1. The van der Waals surface area contributed by atoms with Gasteiger partial charge in [0.15, 0.2) is 17.4 Å². The monoisotopic (exact) mass is 594 g/mol. The van der Waals surface area contributed by atoms with Crippen LogP contribution >= 0.6 is 0 Å². The first-order valence-corrected chi connectivity index (χ1v) is 14.9. The zero-order valence-corrected chi connectivity index (χ0v) is 24.4. The summed E-state index contributed by atoms with van der Waals surface area (Å²) in [5, 5.41) is 10.9. The van der Waals surface area contributed by atoms with E-state index < -0.39 is 11.9 Å². The highest BCUT2D eigenvalue weighted by Crippen LogP contribution is 2.29. The lowest BCUT2D eigenvalue weighted by atomic mass is 10.1. The van der Waals surface area contributed by atoms with Crippen molar-refractivity contribution in [1.82, 2.24) is 10.2 Å². The standard InChI is InChI=1S/C35H35FN4O4/c36-28-21-26(17-18-32(28)44-20-12-4-2-1-3-11-19-37-35(42)43)23-30-34(41)40-24-31(27-15-9-6-10-16-27)38-29(33(40)39-30)22-25-13-7-5-8-14-25/h5-10,13-18,21,23-24,37H,1-4,11-12,19-20,22H2,(H,42,43)/b30-23-. The molecular formula is C35H35FN4O4. The van der Waals surface area contributed by atoms with Gasteiger partial charge in [-0.2, -0.15) is 0 Å². The summed E-state index contributed by atoms with van der Waals surface area (Å²) in [6.45, 7) is 0.874. The first-order valence-electron chi connectivity index (χ1n) is 14.9. The number of nitrogens with zero attached hydrogens (tertiary/aromatic N) is 3. The lowest BCUT2D eigenvalue weighted by Gasteiger charge is -2.21. The molecule has 2 aliphatic rings. The Bertz CT molecular complexity index is 1600. The van der Waals surface area contributed by atoms with Crippen molar-refractivity contribution in [2.75, 3.05) is 13.2 Å². The number of nitrogens with one attached hydrogen (secondary N) is 1. The van der Waals surface area contributed by atoms with Gasteiger partial charge in [0.05, 0.1) is 18.0 Å². The SMILES string of the molecule is O=C(O)NCCCCCCCCOc1ccc(/C=C2\N=C3C(Cc4ccccc4)=NC(c4ccccc4)=CN3C2=O)cc1F. The summed E-state index contributed by atoms with van der Waals surface area (Å²) >= 11 is 0. The number of hydrogen-bond acceptors (Lipinski definition) is 5. The Labute approximate surface area is 256 Å². The highest BCUT2D eigenvalue weighted by Gasteiger charge is 2.35. The van der Waals surface area contributed by atoms with Gasteiger partial charge in [0.2, 0.25) is 0 Å². The van der Waals surface area contributed by atoms with E-state index in [0.29, 0.717) is 42.4 Å². The molecule has 0 saturated carbocycles. The number of benzene rings is 3. The van der Waals surface area contributed by atoms with E-state index in [9.17, 15) is 14.0 Å². The third-order valence-electron chi connectivity index (χ3n) is 7.31. The van der Waals surface area contributed by atoms with E-state index in [1.165, 1.54) is 11.0 Å². The molecule has 0 bridgehead atoms. The Hall–Kier alpha value is -5.05. The zero-order valence-electron chi connectivity index (χ0n) is 24.4. The Morgan fingerprint density at radius 1 is 0.909 bits per heavy atom. The molecule has 0 saturated heterocycles. The van der Waals surface area contributed by atoms with Crippen LogP contribution in [0.4, 0.5) is 9.18 Å². The van der Waals surface area contributed by atoms with Crippen LogP contribution in [-0.4, -0.2) is 46.7 Å². The van der Waals surface area contributed by atoms with Gasteiger partial charge in [0, 0.05) is 24.7 Å². The number of rotatable bonds is 14. The third kappa shape index (κ3) is 8.06. The maximum atomic E-state index is 14.9. The quantitative estimate of drug-likeness (QED) is 0.154. The summed E-state index contributed by atoms with van der Waals surface area (Å²) in [6.07, 6.45) is 8.37. The first-order chi connectivity index (χ1) is 21.5. The van der Waals surface area contributed by atoms with Gasteiger partial charge in [-0.05, 0) is 42.2 Å². The van der Waals surface area contributed by atoms with Crippen molar-refractivity contribution in [3.8, 4) is 5.75 Å². The molecule has 0 spiro atoms. The number of carboxylic acid groups (broad SMARTS) is 1. The minimum absolute atomic E-state index is 0.168. The molecule has 2 heterocycles. The molecule has 0 aromatic heterocycles. The number of hydrogen-bond donors (Lipinski definition) is 2. The first kappa shape index (κ1) is 30.4. The Morgan fingerprint density at radius 2 is 1.61 bits per heavy atom. The van der Waals surface area contributed by atoms with Crippen LogP contribution in [0.2, 0.25) is 0 Å². The van der Waals surface area contributed by atoms with Crippen LogP contribution in [0.5, 0.6) is 5.75 Å². The van der Waals surface area contributed by atoms with Crippen LogP contribution < -0.4 is 10.1 Å². The number of aliphatic imine (C=N–C) groups is 2. The van der Waals surface area contributed by atoms with Crippen molar-refractivity contribution < 1.29 is 23.8 Å². The smallest absolute Gasteiger partial charge is 0.404 e. The van der Waals surface area contributed by atoms with Crippen LogP contribution in [0.3, 0.4) is 0 Å². The largest absolute Gasteiger partial charge is 0.491 e. The van der Waals surface area contributed by atoms with E-state index in [4.69, 9.17) is 14.8 Å². The molecule has 2 amide bonds. The number of amides is 2. The minimum atomic E-state index is -0.992. The Morgan fingerprint density at radius 3 is 2.34 bits per heavy atom. The molecule has 9 heteroatoms. The fraction of sp³-hybridized carbons (Fsp3) is 0.257. The molecule has 0 unspecified atom stereocenters. The highest BCUT2D eigenvalue weighted by atomic mass is 19.1. The van der Waals surface area contributed by atoms with E-state index in [2.05, 4.69) is 10.3 Å². The average molecular weight is 595 g/mol. The van der Waals surface area contributed by atoms with Gasteiger partial charge in [0.25, 0.3) is 5.91 Å². The van der Waals surface area contributed by atoms with E-state index in [1.54, 1.807) is 24.4 Å². The summed E-state index contributed by atoms with van der Waals surface area (Å²) in [5.41, 5.74) is 4.01. The van der Waals surface area contributed by atoms with Crippen LogP contribution in [0.15, 0.2) is 101 Å². The van der Waals surface area contributed by atoms with Crippen LogP contribution in [0.1, 0.15) is 55.2 Å². The fourth-order valence-electron chi connectivity index (χ4n) is 5.05. The molecule has 2 aliphatic heterocycles. The summed E-state index contributed by atoms with van der Waals surface area (Å²) in [4.78, 5) is 35.0. The third-order valence-corrected chi connectivity index (χ3v) is 7.31. The Kier molecular flexibility index (Phi) is 10.3. The fourth-order valence-corrected chi connectivity index (χ4v) is 5.05. The van der Waals surface area contributed by atoms with Gasteiger partial charge in [-0.1, -0.05) is 92.4 Å². The number of ether oxygens (including phenoxy) is 1. The van der Waals surface area contributed by atoms with Gasteiger partial charge >= 0.3 is 6.09 Å². The van der Waals surface area contributed by atoms with Gasteiger partial charge in [-0.3, -0.25) is 9.69 Å². The lowest BCUT2D eigenvalue weighted by molar-refractivity contribution is -0.120. The molecule has 0 fully saturated rings. The molecule has 8 nitrogen and oxygen atoms in total. The van der Waals surface area contributed by atoms with Crippen molar-refractivity contribution in [3.05, 3.63) is 113 Å². The summed E-state index contributed by atoms with van der Waals surface area (Å²) in [7, 11) is 0. The Balaban J connectivity index is 1.22. The molecule has 0 atom stereocenters. The van der Waals surface area contributed by atoms with E-state index in [0.717, 1.165) is 49.7 Å². The second-order valence-electron chi connectivity index (χ2n) is 10.6. The number of halogens is 1. The number of fused-ring (bicyclic) bond motifs is 1. The number of carbonyl (C=O) groups excluding carboxylic acids is 1. The van der Waals surface area contributed by atoms with E-state index in [1.807, 2.05) is 60.7 Å². The average Bonchev–Trinajstić information content (AvgIpc) is 3.34. The van der Waals surface area contributed by atoms with E-state index in [-0.39, 0.29) is 17.4 Å². The normalized spacial score (nSPS) is 15.0. The van der Waals surface area contributed by atoms with Crippen LogP contribution in [0, 0.1) is 5.82 Å². The van der Waals surface area contributed by atoms with Gasteiger partial charge < -0.3 is 15.2 Å². The van der Waals surface area contributed by atoms with Crippen molar-refractivity contribution in [2.45, 2.75) is 44.9 Å². The molecular weight excluding hydrogens is 559 g/mol. The van der Waals surface area contributed by atoms with Crippen LogP contribution in [-0.2, 0) is 11.2 Å². The summed E-state index contributed by atoms with van der Waals surface area (Å²) in [5.74, 6) is -0.158.